The number of nitrogen functional groups attached to an aromatic ring is 1. The summed E-state index contributed by atoms with van der Waals surface area (Å²) in [5.41, 5.74) is 8.77. The molecule has 0 saturated heterocycles. The average molecular weight is 494 g/mol. The summed E-state index contributed by atoms with van der Waals surface area (Å²) in [7, 11) is 0. The van der Waals surface area contributed by atoms with Crippen LogP contribution in [0.15, 0.2) is 58.6 Å². The Bertz CT molecular complexity index is 1510. The maximum Gasteiger partial charge on any atom is 0.252 e. The maximum atomic E-state index is 14.3. The Balaban J connectivity index is 1.53. The maximum absolute atomic E-state index is 14.3. The van der Waals surface area contributed by atoms with E-state index in [1.54, 1.807) is 22.8 Å². The minimum atomic E-state index is -0.695. The van der Waals surface area contributed by atoms with E-state index in [1.807, 2.05) is 6.07 Å². The zero-order valence-electron chi connectivity index (χ0n) is 18.3. The molecular weight excluding hydrogens is 473 g/mol. The van der Waals surface area contributed by atoms with E-state index in [9.17, 15) is 9.18 Å². The number of pyridine rings is 2. The number of rotatable bonds is 5. The predicted molar refractivity (Wildman–Crippen MR) is 133 cm³/mol. The zero-order chi connectivity index (χ0) is 24.7. The van der Waals surface area contributed by atoms with Crippen molar-refractivity contribution in [1.82, 2.24) is 19.5 Å². The number of aryl methyl sites for hydroxylation is 1. The van der Waals surface area contributed by atoms with Gasteiger partial charge < -0.3 is 21.1 Å². The predicted octanol–water partition coefficient (Wildman–Crippen LogP) is 2.79. The number of aromatic nitrogens is 4. The zero-order valence-corrected chi connectivity index (χ0v) is 19.1. The number of nitrogens with zero attached hydrogens (tertiary/aromatic N) is 5. The third-order valence-corrected chi connectivity index (χ3v) is 6.18. The summed E-state index contributed by atoms with van der Waals surface area (Å²) in [5.74, 6) is 11.2. The number of hydrogen-bond acceptors (Lipinski definition) is 7. The van der Waals surface area contributed by atoms with Crippen LogP contribution in [0.4, 0.5) is 15.9 Å². The number of nitrogens with two attached hydrogens (primary N) is 3. The molecule has 1 unspecified atom stereocenters. The summed E-state index contributed by atoms with van der Waals surface area (Å²) in [5, 5.41) is 5.21. The first-order valence-electron chi connectivity index (χ1n) is 10.7. The molecule has 0 spiro atoms. The fourth-order valence-corrected chi connectivity index (χ4v) is 4.57. The molecule has 0 amide bonds. The van der Waals surface area contributed by atoms with Crippen molar-refractivity contribution in [2.24, 2.45) is 16.8 Å². The molecule has 7 N–H and O–H groups in total. The number of imidazole rings is 1. The molecule has 1 atom stereocenters. The largest absolute Gasteiger partial charge is 0.384 e. The Labute approximate surface area is 203 Å². The number of anilines is 2. The second-order valence-corrected chi connectivity index (χ2v) is 8.52. The monoisotopic (exact) mass is 493 g/mol. The minimum Gasteiger partial charge on any atom is -0.384 e. The first kappa shape index (κ1) is 22.6. The third-order valence-electron chi connectivity index (χ3n) is 5.94. The summed E-state index contributed by atoms with van der Waals surface area (Å²) in [6, 6.07) is 11.3. The molecule has 178 valence electrons. The standard InChI is InChI=1S/C23H21ClFN9O/c24-13-1-4-18(33(28)11-30-27)16(9-13)12-7-14-2-5-19(34(14)21(35)8-12)23-29-10-17(31-23)15-3-6-20(26)32-22(15)25/h1,3-4,6-11,19H,2,5,27-28H2,(H2,26,32)(H,29,31)/b30-11-. The van der Waals surface area contributed by atoms with Crippen molar-refractivity contribution in [2.75, 3.05) is 10.7 Å². The number of hydrogen-bond donors (Lipinski definition) is 4. The van der Waals surface area contributed by atoms with Crippen LogP contribution in [0.1, 0.15) is 24.0 Å². The van der Waals surface area contributed by atoms with Crippen LogP contribution >= 0.6 is 11.6 Å². The van der Waals surface area contributed by atoms with Gasteiger partial charge in [-0.05, 0) is 54.8 Å². The SMILES string of the molecule is N/N=C\N(N)c1ccc(Cl)cc1-c1cc2n(c(=O)c1)C(c1ncc(-c3ccc(N)nc3F)[nH]1)CC2. The molecule has 0 fully saturated rings. The lowest BCUT2D eigenvalue weighted by Crippen LogP contribution is -2.30. The van der Waals surface area contributed by atoms with Gasteiger partial charge in [0.15, 0.2) is 0 Å². The molecule has 0 saturated carbocycles. The number of H-pyrrole nitrogens is 1. The smallest absolute Gasteiger partial charge is 0.252 e. The Kier molecular flexibility index (Phi) is 5.71. The van der Waals surface area contributed by atoms with E-state index < -0.39 is 5.95 Å². The van der Waals surface area contributed by atoms with Gasteiger partial charge in [-0.25, -0.2) is 15.8 Å². The van der Waals surface area contributed by atoms with E-state index in [1.165, 1.54) is 35.7 Å². The highest BCUT2D eigenvalue weighted by atomic mass is 35.5. The lowest BCUT2D eigenvalue weighted by molar-refractivity contribution is 0.571. The Morgan fingerprint density at radius 2 is 2.06 bits per heavy atom. The van der Waals surface area contributed by atoms with E-state index >= 15 is 0 Å². The van der Waals surface area contributed by atoms with Crippen LogP contribution in [-0.4, -0.2) is 25.9 Å². The molecule has 0 aliphatic carbocycles. The number of aromatic amines is 1. The number of hydrazine groups is 1. The highest BCUT2D eigenvalue weighted by Crippen LogP contribution is 2.35. The quantitative estimate of drug-likeness (QED) is 0.109. The Morgan fingerprint density at radius 3 is 2.83 bits per heavy atom. The van der Waals surface area contributed by atoms with Crippen molar-refractivity contribution in [2.45, 2.75) is 18.9 Å². The van der Waals surface area contributed by atoms with Crippen LogP contribution in [0.2, 0.25) is 5.02 Å². The van der Waals surface area contributed by atoms with Gasteiger partial charge in [0.25, 0.3) is 5.56 Å². The molecule has 3 aromatic heterocycles. The molecule has 12 heteroatoms. The second-order valence-electron chi connectivity index (χ2n) is 8.09. The van der Waals surface area contributed by atoms with E-state index in [4.69, 9.17) is 29.0 Å². The number of halogens is 2. The molecule has 10 nitrogen and oxygen atoms in total. The van der Waals surface area contributed by atoms with E-state index in [2.05, 4.69) is 20.1 Å². The van der Waals surface area contributed by atoms with Crippen molar-refractivity contribution in [3.8, 4) is 22.4 Å². The average Bonchev–Trinajstić information content (AvgIpc) is 3.46. The first-order valence-corrected chi connectivity index (χ1v) is 11.0. The normalized spacial score (nSPS) is 15.0. The molecule has 35 heavy (non-hydrogen) atoms. The van der Waals surface area contributed by atoms with Crippen LogP contribution in [0, 0.1) is 5.95 Å². The molecule has 5 rings (SSSR count). The minimum absolute atomic E-state index is 0.0917. The molecule has 4 heterocycles. The van der Waals surface area contributed by atoms with Gasteiger partial charge in [0.2, 0.25) is 5.95 Å². The van der Waals surface area contributed by atoms with Gasteiger partial charge in [0.1, 0.15) is 18.0 Å². The lowest BCUT2D eigenvalue weighted by atomic mass is 10.0. The summed E-state index contributed by atoms with van der Waals surface area (Å²) < 4.78 is 16.0. The van der Waals surface area contributed by atoms with Crippen molar-refractivity contribution in [3.05, 3.63) is 81.5 Å². The molecule has 4 aromatic rings. The van der Waals surface area contributed by atoms with Gasteiger partial charge in [0.05, 0.1) is 29.2 Å². The van der Waals surface area contributed by atoms with Gasteiger partial charge >= 0.3 is 0 Å². The van der Waals surface area contributed by atoms with Crippen LogP contribution in [-0.2, 0) is 6.42 Å². The van der Waals surface area contributed by atoms with Crippen LogP contribution < -0.4 is 28.0 Å². The molecular formula is C23H21ClFN9O. The second kappa shape index (κ2) is 8.85. The topological polar surface area (TPSA) is 157 Å². The fourth-order valence-electron chi connectivity index (χ4n) is 4.40. The van der Waals surface area contributed by atoms with Gasteiger partial charge in [-0.2, -0.15) is 9.49 Å². The van der Waals surface area contributed by atoms with Gasteiger partial charge in [0, 0.05) is 22.3 Å². The van der Waals surface area contributed by atoms with Gasteiger partial charge in [-0.1, -0.05) is 11.6 Å². The molecule has 1 aliphatic heterocycles. The summed E-state index contributed by atoms with van der Waals surface area (Å²) in [4.78, 5) is 24.5. The van der Waals surface area contributed by atoms with Crippen molar-refractivity contribution in [3.63, 3.8) is 0 Å². The fraction of sp³-hybridized carbons (Fsp3) is 0.130. The van der Waals surface area contributed by atoms with Crippen LogP contribution in [0.25, 0.3) is 22.4 Å². The number of fused-ring (bicyclic) bond motifs is 1. The Hall–Kier alpha value is -4.22. The van der Waals surface area contributed by atoms with Crippen molar-refractivity contribution < 1.29 is 4.39 Å². The van der Waals surface area contributed by atoms with E-state index in [-0.39, 0.29) is 23.0 Å². The summed E-state index contributed by atoms with van der Waals surface area (Å²) in [6.45, 7) is 0. The third kappa shape index (κ3) is 4.11. The molecule has 0 bridgehead atoms. The van der Waals surface area contributed by atoms with Crippen LogP contribution in [0.5, 0.6) is 0 Å². The van der Waals surface area contributed by atoms with E-state index in [0.717, 1.165) is 5.69 Å². The molecule has 1 aliphatic rings. The first-order chi connectivity index (χ1) is 16.9. The number of nitrogens with one attached hydrogen (secondary N) is 1. The van der Waals surface area contributed by atoms with Gasteiger partial charge in [-0.15, -0.1) is 0 Å². The van der Waals surface area contributed by atoms with Gasteiger partial charge in [-0.3, -0.25) is 9.80 Å². The highest BCUT2D eigenvalue weighted by Gasteiger charge is 2.28. The van der Waals surface area contributed by atoms with E-state index in [0.29, 0.717) is 46.2 Å². The number of hydrazone groups is 1. The van der Waals surface area contributed by atoms with Crippen molar-refractivity contribution >= 4 is 29.4 Å². The van der Waals surface area contributed by atoms with Crippen LogP contribution in [0.3, 0.4) is 0 Å². The van der Waals surface area contributed by atoms with Crippen molar-refractivity contribution in [1.29, 1.82) is 0 Å². The lowest BCUT2D eigenvalue weighted by Gasteiger charge is -2.18. The summed E-state index contributed by atoms with van der Waals surface area (Å²) in [6.07, 6.45) is 4.08. The highest BCUT2D eigenvalue weighted by molar-refractivity contribution is 6.31. The Morgan fingerprint density at radius 1 is 1.23 bits per heavy atom. The molecule has 1 aromatic carbocycles. The summed E-state index contributed by atoms with van der Waals surface area (Å²) >= 11 is 6.23. The number of benzene rings is 1. The molecule has 0 radical (unpaired) electrons.